The van der Waals surface area contributed by atoms with Crippen LogP contribution in [-0.2, 0) is 22.6 Å². The van der Waals surface area contributed by atoms with E-state index in [1.165, 1.54) is 0 Å². The first kappa shape index (κ1) is 12.0. The van der Waals surface area contributed by atoms with Crippen LogP contribution in [0.3, 0.4) is 0 Å². The molecule has 3 nitrogen and oxygen atoms in total. The summed E-state index contributed by atoms with van der Waals surface area (Å²) in [5, 5.41) is -0.664. The first-order valence-corrected chi connectivity index (χ1v) is 5.08. The summed E-state index contributed by atoms with van der Waals surface area (Å²) >= 11 is 5.81. The van der Waals surface area contributed by atoms with Gasteiger partial charge in [-0.2, -0.15) is 0 Å². The van der Waals surface area contributed by atoms with Gasteiger partial charge in [-0.25, -0.2) is 0 Å². The quantitative estimate of drug-likeness (QED) is 0.775. The van der Waals surface area contributed by atoms with Crippen molar-refractivity contribution in [3.05, 3.63) is 35.4 Å². The summed E-state index contributed by atoms with van der Waals surface area (Å²) in [4.78, 5) is 10.8. The minimum Gasteiger partial charge on any atom is -0.380 e. The smallest absolute Gasteiger partial charge is 0.235 e. The predicted octanol–water partition coefficient (Wildman–Crippen LogP) is 1.47. The van der Waals surface area contributed by atoms with Crippen molar-refractivity contribution in [2.75, 3.05) is 7.11 Å². The van der Waals surface area contributed by atoms with Gasteiger partial charge >= 0.3 is 0 Å². The Morgan fingerprint density at radius 1 is 1.47 bits per heavy atom. The lowest BCUT2D eigenvalue weighted by atomic mass is 10.0. The van der Waals surface area contributed by atoms with E-state index < -0.39 is 11.3 Å². The number of ether oxygens (including phenoxy) is 1. The van der Waals surface area contributed by atoms with Crippen molar-refractivity contribution in [2.24, 2.45) is 5.73 Å². The van der Waals surface area contributed by atoms with E-state index in [2.05, 4.69) is 0 Å². The summed E-state index contributed by atoms with van der Waals surface area (Å²) < 4.78 is 5.05. The molecule has 2 N–H and O–H groups in total. The average Bonchev–Trinajstić information content (AvgIpc) is 2.21. The van der Waals surface area contributed by atoms with Gasteiger partial charge in [-0.15, -0.1) is 11.6 Å². The predicted molar refractivity (Wildman–Crippen MR) is 59.7 cm³/mol. The van der Waals surface area contributed by atoms with E-state index in [0.717, 1.165) is 11.1 Å². The van der Waals surface area contributed by atoms with Gasteiger partial charge in [0.15, 0.2) is 0 Å². The monoisotopic (exact) mass is 227 g/mol. The number of benzene rings is 1. The lowest BCUT2D eigenvalue weighted by molar-refractivity contribution is -0.117. The van der Waals surface area contributed by atoms with Crippen LogP contribution in [0.1, 0.15) is 11.1 Å². The van der Waals surface area contributed by atoms with Crippen LogP contribution in [0, 0.1) is 0 Å². The molecule has 0 aromatic heterocycles. The molecule has 1 atom stereocenters. The summed E-state index contributed by atoms with van der Waals surface area (Å²) in [5.74, 6) is -0.496. The number of methoxy groups -OCH3 is 1. The maximum atomic E-state index is 10.8. The van der Waals surface area contributed by atoms with Gasteiger partial charge in [0, 0.05) is 7.11 Å². The Bertz CT molecular complexity index is 341. The fraction of sp³-hybridized carbons (Fsp3) is 0.364. The summed E-state index contributed by atoms with van der Waals surface area (Å²) in [6.45, 7) is 0.512. The third kappa shape index (κ3) is 3.53. The van der Waals surface area contributed by atoms with Crippen LogP contribution in [-0.4, -0.2) is 18.4 Å². The van der Waals surface area contributed by atoms with E-state index in [1.54, 1.807) is 7.11 Å². The van der Waals surface area contributed by atoms with E-state index in [4.69, 9.17) is 22.1 Å². The molecule has 4 heteroatoms. The number of rotatable bonds is 5. The van der Waals surface area contributed by atoms with Gasteiger partial charge in [-0.3, -0.25) is 4.79 Å². The van der Waals surface area contributed by atoms with Crippen molar-refractivity contribution in [2.45, 2.75) is 18.4 Å². The number of carbonyl (C=O) groups is 1. The molecule has 0 bridgehead atoms. The molecule has 0 aliphatic rings. The number of alkyl halides is 1. The molecule has 1 amide bonds. The number of halogens is 1. The molecule has 0 saturated carbocycles. The van der Waals surface area contributed by atoms with E-state index in [0.29, 0.717) is 13.0 Å². The number of amides is 1. The Balaban J connectivity index is 2.79. The van der Waals surface area contributed by atoms with Gasteiger partial charge < -0.3 is 10.5 Å². The van der Waals surface area contributed by atoms with Crippen LogP contribution < -0.4 is 5.73 Å². The second kappa shape index (κ2) is 5.73. The molecule has 0 fully saturated rings. The van der Waals surface area contributed by atoms with E-state index in [9.17, 15) is 4.79 Å². The molecule has 0 saturated heterocycles. The number of primary amides is 1. The maximum Gasteiger partial charge on any atom is 0.235 e. The number of hydrogen-bond acceptors (Lipinski definition) is 2. The zero-order valence-corrected chi connectivity index (χ0v) is 9.33. The minimum absolute atomic E-state index is 0.441. The fourth-order valence-corrected chi connectivity index (χ4v) is 1.51. The minimum atomic E-state index is -0.664. The fourth-order valence-electron chi connectivity index (χ4n) is 1.35. The number of hydrogen-bond donors (Lipinski definition) is 1. The lowest BCUT2D eigenvalue weighted by Gasteiger charge is -2.10. The average molecular weight is 228 g/mol. The van der Waals surface area contributed by atoms with E-state index in [-0.39, 0.29) is 0 Å². The third-order valence-corrected chi connectivity index (χ3v) is 2.50. The second-order valence-corrected chi connectivity index (χ2v) is 3.80. The SMILES string of the molecule is COCc1ccccc1CC(Cl)C(N)=O. The Morgan fingerprint density at radius 3 is 2.60 bits per heavy atom. The highest BCUT2D eigenvalue weighted by Gasteiger charge is 2.13. The molecular weight excluding hydrogens is 214 g/mol. The Kier molecular flexibility index (Phi) is 4.59. The highest BCUT2D eigenvalue weighted by Crippen LogP contribution is 2.14. The topological polar surface area (TPSA) is 52.3 Å². The summed E-state index contributed by atoms with van der Waals surface area (Å²) in [5.41, 5.74) is 7.14. The molecule has 0 spiro atoms. The second-order valence-electron chi connectivity index (χ2n) is 3.28. The maximum absolute atomic E-state index is 10.8. The van der Waals surface area contributed by atoms with Crippen molar-refractivity contribution in [1.29, 1.82) is 0 Å². The van der Waals surface area contributed by atoms with Gasteiger partial charge in [0.25, 0.3) is 0 Å². The van der Waals surface area contributed by atoms with Crippen LogP contribution in [0.5, 0.6) is 0 Å². The van der Waals surface area contributed by atoms with Gasteiger partial charge in [0.05, 0.1) is 6.61 Å². The first-order chi connectivity index (χ1) is 7.15. The largest absolute Gasteiger partial charge is 0.380 e. The highest BCUT2D eigenvalue weighted by molar-refractivity contribution is 6.30. The molecule has 82 valence electrons. The highest BCUT2D eigenvalue weighted by atomic mass is 35.5. The van der Waals surface area contributed by atoms with Crippen LogP contribution in [0.4, 0.5) is 0 Å². The van der Waals surface area contributed by atoms with E-state index in [1.807, 2.05) is 24.3 Å². The van der Waals surface area contributed by atoms with Crippen LogP contribution in [0.15, 0.2) is 24.3 Å². The van der Waals surface area contributed by atoms with Gasteiger partial charge in [0.2, 0.25) is 5.91 Å². The zero-order chi connectivity index (χ0) is 11.3. The number of nitrogens with two attached hydrogens (primary N) is 1. The van der Waals surface area contributed by atoms with E-state index >= 15 is 0 Å². The summed E-state index contributed by atoms with van der Waals surface area (Å²) in [6, 6.07) is 7.70. The van der Waals surface area contributed by atoms with Gasteiger partial charge in [-0.1, -0.05) is 24.3 Å². The Morgan fingerprint density at radius 2 is 2.07 bits per heavy atom. The molecule has 15 heavy (non-hydrogen) atoms. The summed E-state index contributed by atoms with van der Waals surface area (Å²) in [7, 11) is 1.63. The molecule has 0 aliphatic carbocycles. The standard InChI is InChI=1S/C11H14ClNO2/c1-15-7-9-5-3-2-4-8(9)6-10(12)11(13)14/h2-5,10H,6-7H2,1H3,(H2,13,14). The molecule has 1 aromatic rings. The van der Waals surface area contributed by atoms with Crippen molar-refractivity contribution >= 4 is 17.5 Å². The molecule has 0 aliphatic heterocycles. The lowest BCUT2D eigenvalue weighted by Crippen LogP contribution is -2.25. The molecule has 1 rings (SSSR count). The van der Waals surface area contributed by atoms with Crippen LogP contribution in [0.2, 0.25) is 0 Å². The molecule has 1 unspecified atom stereocenters. The molecule has 0 radical (unpaired) electrons. The van der Waals surface area contributed by atoms with Gasteiger partial charge in [0.1, 0.15) is 5.38 Å². The molecule has 0 heterocycles. The third-order valence-electron chi connectivity index (χ3n) is 2.13. The van der Waals surface area contributed by atoms with Gasteiger partial charge in [-0.05, 0) is 17.5 Å². The van der Waals surface area contributed by atoms with Crippen LogP contribution >= 0.6 is 11.6 Å². The Hall–Kier alpha value is -1.06. The summed E-state index contributed by atoms with van der Waals surface area (Å²) in [6.07, 6.45) is 0.441. The van der Waals surface area contributed by atoms with Crippen molar-refractivity contribution in [3.8, 4) is 0 Å². The Labute approximate surface area is 94.2 Å². The zero-order valence-electron chi connectivity index (χ0n) is 8.57. The molecule has 1 aromatic carbocycles. The molecular formula is C11H14ClNO2. The first-order valence-electron chi connectivity index (χ1n) is 4.64. The van der Waals surface area contributed by atoms with Crippen molar-refractivity contribution < 1.29 is 9.53 Å². The van der Waals surface area contributed by atoms with Crippen LogP contribution in [0.25, 0.3) is 0 Å². The number of carbonyl (C=O) groups excluding carboxylic acids is 1. The van der Waals surface area contributed by atoms with Crippen molar-refractivity contribution in [1.82, 2.24) is 0 Å². The normalized spacial score (nSPS) is 12.4. The van der Waals surface area contributed by atoms with Crippen molar-refractivity contribution in [3.63, 3.8) is 0 Å².